The van der Waals surface area contributed by atoms with Crippen LogP contribution < -0.4 is 0 Å². The Labute approximate surface area is 141 Å². The number of nitrogens with zero attached hydrogens (tertiary/aromatic N) is 3. The highest BCUT2D eigenvalue weighted by molar-refractivity contribution is 5.94. The zero-order valence-corrected chi connectivity index (χ0v) is 13.6. The minimum absolute atomic E-state index is 0.0871. The van der Waals surface area contributed by atoms with E-state index in [4.69, 9.17) is 5.10 Å². The number of hydrogen-bond donors (Lipinski definition) is 0. The molecule has 1 aliphatic rings. The van der Waals surface area contributed by atoms with Crippen LogP contribution in [0.5, 0.6) is 0 Å². The lowest BCUT2D eigenvalue weighted by atomic mass is 10.0. The van der Waals surface area contributed by atoms with E-state index in [9.17, 15) is 4.79 Å². The summed E-state index contributed by atoms with van der Waals surface area (Å²) in [5.41, 5.74) is 5.22. The van der Waals surface area contributed by atoms with E-state index in [0.29, 0.717) is 6.54 Å². The lowest BCUT2D eigenvalue weighted by Crippen LogP contribution is -2.36. The van der Waals surface area contributed by atoms with E-state index in [0.717, 1.165) is 29.8 Å². The summed E-state index contributed by atoms with van der Waals surface area (Å²) >= 11 is 0. The molecule has 0 spiro atoms. The Morgan fingerprint density at radius 1 is 1.00 bits per heavy atom. The van der Waals surface area contributed by atoms with E-state index in [1.165, 1.54) is 11.3 Å². The monoisotopic (exact) mass is 317 g/mol. The van der Waals surface area contributed by atoms with Crippen LogP contribution in [-0.2, 0) is 20.0 Å². The summed E-state index contributed by atoms with van der Waals surface area (Å²) in [6, 6.07) is 19.7. The molecule has 1 aliphatic heterocycles. The van der Waals surface area contributed by atoms with Crippen molar-refractivity contribution < 1.29 is 4.79 Å². The highest BCUT2D eigenvalue weighted by atomic mass is 16.2. The summed E-state index contributed by atoms with van der Waals surface area (Å²) < 4.78 is 1.96. The van der Waals surface area contributed by atoms with E-state index < -0.39 is 0 Å². The van der Waals surface area contributed by atoms with Crippen molar-refractivity contribution in [2.45, 2.75) is 13.0 Å². The van der Waals surface area contributed by atoms with Gasteiger partial charge < -0.3 is 4.90 Å². The van der Waals surface area contributed by atoms with Gasteiger partial charge in [0.15, 0.2) is 0 Å². The molecular formula is C20H19N3O. The number of aryl methyl sites for hydroxylation is 1. The molecule has 1 aromatic heterocycles. The van der Waals surface area contributed by atoms with Gasteiger partial charge >= 0.3 is 0 Å². The summed E-state index contributed by atoms with van der Waals surface area (Å²) in [4.78, 5) is 14.7. The highest BCUT2D eigenvalue weighted by Gasteiger charge is 2.27. The first-order chi connectivity index (χ1) is 11.7. The van der Waals surface area contributed by atoms with Crippen molar-refractivity contribution in [3.8, 4) is 11.3 Å². The normalized spacial score (nSPS) is 13.6. The number of benzene rings is 2. The fraction of sp³-hybridized carbons (Fsp3) is 0.200. The summed E-state index contributed by atoms with van der Waals surface area (Å²) in [6.45, 7) is 1.34. The molecule has 2 aromatic carbocycles. The summed E-state index contributed by atoms with van der Waals surface area (Å²) in [5.74, 6) is 0.0871. The van der Waals surface area contributed by atoms with Gasteiger partial charge in [0.05, 0.1) is 5.69 Å². The molecule has 0 atom stereocenters. The molecule has 24 heavy (non-hydrogen) atoms. The molecule has 4 rings (SSSR count). The van der Waals surface area contributed by atoms with Gasteiger partial charge in [-0.05, 0) is 12.1 Å². The summed E-state index contributed by atoms with van der Waals surface area (Å²) in [7, 11) is 1.99. The molecule has 4 nitrogen and oxygen atoms in total. The standard InChI is InChI=1S/C20H19N3O/c1-22-18-12-13-23(20(24)16-10-6-3-7-11-16)14-17(18)19(21-22)15-8-4-2-5-9-15/h2-11H,12-14H2,1H3. The van der Waals surface area contributed by atoms with E-state index in [-0.39, 0.29) is 5.91 Å². The Hall–Kier alpha value is -2.88. The third-order valence-corrected chi connectivity index (χ3v) is 4.60. The second-order valence-electron chi connectivity index (χ2n) is 6.11. The molecular weight excluding hydrogens is 298 g/mol. The van der Waals surface area contributed by atoms with Crippen molar-refractivity contribution in [1.82, 2.24) is 14.7 Å². The molecule has 0 fully saturated rings. The van der Waals surface area contributed by atoms with Gasteiger partial charge in [0.25, 0.3) is 5.91 Å². The minimum atomic E-state index is 0.0871. The van der Waals surface area contributed by atoms with Crippen molar-refractivity contribution in [3.05, 3.63) is 77.5 Å². The van der Waals surface area contributed by atoms with Crippen LogP contribution in [0.15, 0.2) is 60.7 Å². The molecule has 0 aliphatic carbocycles. The fourth-order valence-corrected chi connectivity index (χ4v) is 3.36. The molecule has 4 heteroatoms. The second kappa shape index (κ2) is 5.96. The molecule has 0 bridgehead atoms. The Morgan fingerprint density at radius 2 is 1.67 bits per heavy atom. The van der Waals surface area contributed by atoms with Crippen molar-refractivity contribution >= 4 is 5.91 Å². The Morgan fingerprint density at radius 3 is 2.38 bits per heavy atom. The first-order valence-electron chi connectivity index (χ1n) is 8.18. The largest absolute Gasteiger partial charge is 0.334 e. The smallest absolute Gasteiger partial charge is 0.254 e. The Kier molecular flexibility index (Phi) is 3.65. The van der Waals surface area contributed by atoms with Crippen molar-refractivity contribution in [2.75, 3.05) is 6.54 Å². The average molecular weight is 317 g/mol. The predicted molar refractivity (Wildman–Crippen MR) is 93.5 cm³/mol. The van der Waals surface area contributed by atoms with Crippen LogP contribution in [0.25, 0.3) is 11.3 Å². The lowest BCUT2D eigenvalue weighted by molar-refractivity contribution is 0.0733. The average Bonchev–Trinajstić information content (AvgIpc) is 2.99. The molecule has 1 amide bonds. The molecule has 0 radical (unpaired) electrons. The van der Waals surface area contributed by atoms with Crippen LogP contribution >= 0.6 is 0 Å². The van der Waals surface area contributed by atoms with Gasteiger partial charge in [-0.25, -0.2) is 0 Å². The fourth-order valence-electron chi connectivity index (χ4n) is 3.36. The minimum Gasteiger partial charge on any atom is -0.334 e. The van der Waals surface area contributed by atoms with Gasteiger partial charge in [-0.1, -0.05) is 48.5 Å². The zero-order valence-electron chi connectivity index (χ0n) is 13.6. The third kappa shape index (κ3) is 2.50. The summed E-state index contributed by atoms with van der Waals surface area (Å²) in [6.07, 6.45) is 0.838. The highest BCUT2D eigenvalue weighted by Crippen LogP contribution is 2.30. The molecule has 0 saturated heterocycles. The van der Waals surface area contributed by atoms with Crippen molar-refractivity contribution in [1.29, 1.82) is 0 Å². The van der Waals surface area contributed by atoms with Crippen molar-refractivity contribution in [3.63, 3.8) is 0 Å². The van der Waals surface area contributed by atoms with Gasteiger partial charge in [-0.2, -0.15) is 5.10 Å². The van der Waals surface area contributed by atoms with Crippen LogP contribution in [0.2, 0.25) is 0 Å². The van der Waals surface area contributed by atoms with E-state index in [1.54, 1.807) is 0 Å². The van der Waals surface area contributed by atoms with E-state index in [2.05, 4.69) is 12.1 Å². The number of hydrogen-bond acceptors (Lipinski definition) is 2. The number of carbonyl (C=O) groups excluding carboxylic acids is 1. The number of aromatic nitrogens is 2. The Balaban J connectivity index is 1.69. The van der Waals surface area contributed by atoms with Gasteiger partial charge in [-0.3, -0.25) is 9.48 Å². The molecule has 120 valence electrons. The van der Waals surface area contributed by atoms with Crippen LogP contribution in [-0.4, -0.2) is 27.1 Å². The molecule has 0 N–H and O–H groups in total. The lowest BCUT2D eigenvalue weighted by Gasteiger charge is -2.28. The first kappa shape index (κ1) is 14.7. The molecule has 2 heterocycles. The quantitative estimate of drug-likeness (QED) is 0.727. The van der Waals surface area contributed by atoms with Crippen LogP contribution in [0.4, 0.5) is 0 Å². The van der Waals surface area contributed by atoms with E-state index >= 15 is 0 Å². The molecule has 0 saturated carbocycles. The molecule has 0 unspecified atom stereocenters. The van der Waals surface area contributed by atoms with Crippen LogP contribution in [0.3, 0.4) is 0 Å². The van der Waals surface area contributed by atoms with Gasteiger partial charge in [0.2, 0.25) is 0 Å². The maximum Gasteiger partial charge on any atom is 0.254 e. The number of carbonyl (C=O) groups is 1. The zero-order chi connectivity index (χ0) is 16.5. The number of amides is 1. The van der Waals surface area contributed by atoms with Gasteiger partial charge in [0.1, 0.15) is 0 Å². The second-order valence-corrected chi connectivity index (χ2v) is 6.11. The number of fused-ring (bicyclic) bond motifs is 1. The SMILES string of the molecule is Cn1nc(-c2ccccc2)c2c1CCN(C(=O)c1ccccc1)C2. The summed E-state index contributed by atoms with van der Waals surface area (Å²) in [5, 5.41) is 4.71. The predicted octanol–water partition coefficient (Wildman–Crippen LogP) is 3.29. The van der Waals surface area contributed by atoms with E-state index in [1.807, 2.05) is 65.2 Å². The molecule has 3 aromatic rings. The first-order valence-corrected chi connectivity index (χ1v) is 8.18. The maximum atomic E-state index is 12.8. The number of rotatable bonds is 2. The van der Waals surface area contributed by atoms with Crippen LogP contribution in [0, 0.1) is 0 Å². The Bertz CT molecular complexity index is 869. The van der Waals surface area contributed by atoms with Crippen molar-refractivity contribution in [2.24, 2.45) is 7.05 Å². The topological polar surface area (TPSA) is 38.1 Å². The third-order valence-electron chi connectivity index (χ3n) is 4.60. The van der Waals surface area contributed by atoms with Crippen LogP contribution in [0.1, 0.15) is 21.6 Å². The van der Waals surface area contributed by atoms with Gasteiger partial charge in [0, 0.05) is 48.9 Å². The maximum absolute atomic E-state index is 12.8. The van der Waals surface area contributed by atoms with Gasteiger partial charge in [-0.15, -0.1) is 0 Å².